The molecule has 0 aliphatic heterocycles. The number of nitrogens with one attached hydrogen (secondary N) is 3. The third kappa shape index (κ3) is 5.41. The fourth-order valence-electron chi connectivity index (χ4n) is 2.56. The number of hydrogen-bond donors (Lipinski definition) is 3. The van der Waals surface area contributed by atoms with Crippen LogP contribution in [0.3, 0.4) is 0 Å². The molecule has 30 heavy (non-hydrogen) atoms. The molecule has 10 heteroatoms. The van der Waals surface area contributed by atoms with Crippen LogP contribution in [0.25, 0.3) is 0 Å². The monoisotopic (exact) mass is 467 g/mol. The minimum absolute atomic E-state index is 0.0000710. The summed E-state index contributed by atoms with van der Waals surface area (Å²) in [6.45, 7) is 1.64. The predicted octanol–water partition coefficient (Wildman–Crippen LogP) is 5.89. The molecule has 6 nitrogen and oxygen atoms in total. The van der Waals surface area contributed by atoms with Crippen molar-refractivity contribution in [3.8, 4) is 0 Å². The van der Waals surface area contributed by atoms with Gasteiger partial charge in [0.15, 0.2) is 0 Å². The standard InChI is InChI=1S/C20H16Cl2FN3O3S/c1-12-2-5-16(25-20(27)24-15-8-9-18(23)17(22)10-15)11-19(12)30(28,29)26-14-6-3-13(21)4-7-14/h2-11,26H,1H3,(H2,24,25,27). The number of hydrogen-bond acceptors (Lipinski definition) is 3. The van der Waals surface area contributed by atoms with Gasteiger partial charge in [0.2, 0.25) is 0 Å². The van der Waals surface area contributed by atoms with Crippen LogP contribution in [-0.2, 0) is 10.0 Å². The first-order valence-corrected chi connectivity index (χ1v) is 10.8. The summed E-state index contributed by atoms with van der Waals surface area (Å²) < 4.78 is 41.3. The Kier molecular flexibility index (Phi) is 6.50. The molecule has 3 aromatic carbocycles. The van der Waals surface area contributed by atoms with E-state index in [2.05, 4.69) is 15.4 Å². The molecular weight excluding hydrogens is 452 g/mol. The summed E-state index contributed by atoms with van der Waals surface area (Å²) >= 11 is 11.5. The van der Waals surface area contributed by atoms with Crippen molar-refractivity contribution in [1.82, 2.24) is 0 Å². The van der Waals surface area contributed by atoms with Gasteiger partial charge in [-0.3, -0.25) is 4.72 Å². The van der Waals surface area contributed by atoms with Crippen LogP contribution < -0.4 is 15.4 Å². The molecule has 0 bridgehead atoms. The summed E-state index contributed by atoms with van der Waals surface area (Å²) in [5.41, 5.74) is 1.38. The minimum atomic E-state index is -3.91. The molecule has 0 fully saturated rings. The molecule has 0 aliphatic rings. The molecule has 0 heterocycles. The molecule has 0 aliphatic carbocycles. The second kappa shape index (κ2) is 8.91. The first-order chi connectivity index (χ1) is 14.1. The minimum Gasteiger partial charge on any atom is -0.308 e. The van der Waals surface area contributed by atoms with Crippen LogP contribution in [-0.4, -0.2) is 14.4 Å². The third-order valence-electron chi connectivity index (χ3n) is 4.01. The zero-order valence-corrected chi connectivity index (χ0v) is 17.9. The van der Waals surface area contributed by atoms with Gasteiger partial charge in [0, 0.05) is 22.1 Å². The normalized spacial score (nSPS) is 11.1. The highest BCUT2D eigenvalue weighted by Gasteiger charge is 2.18. The highest BCUT2D eigenvalue weighted by Crippen LogP contribution is 2.24. The van der Waals surface area contributed by atoms with Gasteiger partial charge < -0.3 is 10.6 Å². The van der Waals surface area contributed by atoms with E-state index in [0.717, 1.165) is 6.07 Å². The third-order valence-corrected chi connectivity index (χ3v) is 6.07. The molecule has 3 aromatic rings. The molecule has 2 amide bonds. The van der Waals surface area contributed by atoms with Crippen molar-refractivity contribution in [3.63, 3.8) is 0 Å². The van der Waals surface area contributed by atoms with Crippen molar-refractivity contribution < 1.29 is 17.6 Å². The van der Waals surface area contributed by atoms with Crippen LogP contribution in [0, 0.1) is 12.7 Å². The number of aryl methyl sites for hydroxylation is 1. The van der Waals surface area contributed by atoms with Gasteiger partial charge in [0.1, 0.15) is 5.82 Å². The molecule has 0 radical (unpaired) electrons. The van der Waals surface area contributed by atoms with Crippen LogP contribution in [0.5, 0.6) is 0 Å². The number of sulfonamides is 1. The average molecular weight is 468 g/mol. The summed E-state index contributed by atoms with van der Waals surface area (Å²) in [5, 5.41) is 5.38. The summed E-state index contributed by atoms with van der Waals surface area (Å²) in [6.07, 6.45) is 0. The van der Waals surface area contributed by atoms with Crippen LogP contribution >= 0.6 is 23.2 Å². The van der Waals surface area contributed by atoms with Gasteiger partial charge >= 0.3 is 6.03 Å². The first kappa shape index (κ1) is 21.9. The Morgan fingerprint density at radius 2 is 1.43 bits per heavy atom. The number of amides is 2. The van der Waals surface area contributed by atoms with Crippen LogP contribution in [0.1, 0.15) is 5.56 Å². The van der Waals surface area contributed by atoms with E-state index in [0.29, 0.717) is 16.3 Å². The van der Waals surface area contributed by atoms with Crippen molar-refractivity contribution in [3.05, 3.63) is 82.1 Å². The van der Waals surface area contributed by atoms with Crippen molar-refractivity contribution in [2.75, 3.05) is 15.4 Å². The first-order valence-electron chi connectivity index (χ1n) is 8.56. The van der Waals surface area contributed by atoms with Crippen LogP contribution in [0.2, 0.25) is 10.0 Å². The van der Waals surface area contributed by atoms with Gasteiger partial charge in [-0.15, -0.1) is 0 Å². The highest BCUT2D eigenvalue weighted by atomic mass is 35.5. The van der Waals surface area contributed by atoms with E-state index in [9.17, 15) is 17.6 Å². The van der Waals surface area contributed by atoms with Gasteiger partial charge in [-0.2, -0.15) is 0 Å². The second-order valence-electron chi connectivity index (χ2n) is 6.30. The summed E-state index contributed by atoms with van der Waals surface area (Å²) in [6, 6.07) is 13.8. The van der Waals surface area contributed by atoms with Crippen molar-refractivity contribution in [2.45, 2.75) is 11.8 Å². The maximum absolute atomic E-state index is 13.2. The summed E-state index contributed by atoms with van der Waals surface area (Å²) in [7, 11) is -3.91. The van der Waals surface area contributed by atoms with E-state index in [-0.39, 0.29) is 21.3 Å². The van der Waals surface area contributed by atoms with Gasteiger partial charge in [0.05, 0.1) is 9.92 Å². The van der Waals surface area contributed by atoms with Crippen molar-refractivity contribution in [1.29, 1.82) is 0 Å². The van der Waals surface area contributed by atoms with Gasteiger partial charge in [-0.05, 0) is 67.1 Å². The topological polar surface area (TPSA) is 87.3 Å². The molecular formula is C20H16Cl2FN3O3S. The van der Waals surface area contributed by atoms with Crippen molar-refractivity contribution >= 4 is 56.3 Å². The fourth-order valence-corrected chi connectivity index (χ4v) is 4.20. The maximum Gasteiger partial charge on any atom is 0.323 e. The number of rotatable bonds is 5. The largest absolute Gasteiger partial charge is 0.323 e. The smallest absolute Gasteiger partial charge is 0.308 e. The average Bonchev–Trinajstić information content (AvgIpc) is 2.68. The number of carbonyl (C=O) groups excluding carboxylic acids is 1. The number of carbonyl (C=O) groups is 1. The van der Waals surface area contributed by atoms with Gasteiger partial charge in [0.25, 0.3) is 10.0 Å². The Balaban J connectivity index is 1.77. The Labute approximate surface area is 183 Å². The molecule has 0 saturated carbocycles. The van der Waals surface area contributed by atoms with Crippen LogP contribution in [0.4, 0.5) is 26.2 Å². The van der Waals surface area contributed by atoms with Crippen LogP contribution in [0.15, 0.2) is 65.6 Å². The molecule has 0 saturated heterocycles. The molecule has 0 spiro atoms. The zero-order valence-electron chi connectivity index (χ0n) is 15.5. The van der Waals surface area contributed by atoms with Crippen molar-refractivity contribution in [2.24, 2.45) is 0 Å². The Morgan fingerprint density at radius 1 is 0.867 bits per heavy atom. The van der Waals surface area contributed by atoms with E-state index < -0.39 is 21.9 Å². The fraction of sp³-hybridized carbons (Fsp3) is 0.0500. The molecule has 0 unspecified atom stereocenters. The lowest BCUT2D eigenvalue weighted by molar-refractivity contribution is 0.262. The molecule has 156 valence electrons. The van der Waals surface area contributed by atoms with Gasteiger partial charge in [-0.1, -0.05) is 29.3 Å². The maximum atomic E-state index is 13.2. The predicted molar refractivity (Wildman–Crippen MR) is 117 cm³/mol. The lowest BCUT2D eigenvalue weighted by Crippen LogP contribution is -2.20. The zero-order chi connectivity index (χ0) is 21.9. The van der Waals surface area contributed by atoms with Gasteiger partial charge in [-0.25, -0.2) is 17.6 Å². The highest BCUT2D eigenvalue weighted by molar-refractivity contribution is 7.92. The SMILES string of the molecule is Cc1ccc(NC(=O)Nc2ccc(F)c(Cl)c2)cc1S(=O)(=O)Nc1ccc(Cl)cc1. The Bertz CT molecular complexity index is 1200. The van der Waals surface area contributed by atoms with E-state index in [4.69, 9.17) is 23.2 Å². The van der Waals surface area contributed by atoms with E-state index in [1.807, 2.05) is 0 Å². The molecule has 0 aromatic heterocycles. The Morgan fingerprint density at radius 3 is 2.07 bits per heavy atom. The quantitative estimate of drug-likeness (QED) is 0.437. The van der Waals surface area contributed by atoms with E-state index >= 15 is 0 Å². The lowest BCUT2D eigenvalue weighted by Gasteiger charge is -2.13. The van der Waals surface area contributed by atoms with E-state index in [1.165, 1.54) is 18.2 Å². The molecule has 3 N–H and O–H groups in total. The Hall–Kier alpha value is -2.81. The number of benzene rings is 3. The van der Waals surface area contributed by atoms with E-state index in [1.54, 1.807) is 43.3 Å². The molecule has 0 atom stereocenters. The second-order valence-corrected chi connectivity index (χ2v) is 8.80. The lowest BCUT2D eigenvalue weighted by atomic mass is 10.2. The number of halogens is 3. The number of anilines is 3. The summed E-state index contributed by atoms with van der Waals surface area (Å²) in [4.78, 5) is 12.2. The summed E-state index contributed by atoms with van der Waals surface area (Å²) in [5.74, 6) is -0.607. The number of urea groups is 1. The molecule has 3 rings (SSSR count).